The van der Waals surface area contributed by atoms with Gasteiger partial charge in [-0.15, -0.1) is 0 Å². The van der Waals surface area contributed by atoms with Gasteiger partial charge in [0.2, 0.25) is 0 Å². The van der Waals surface area contributed by atoms with Crippen molar-refractivity contribution in [1.82, 2.24) is 15.3 Å². The van der Waals surface area contributed by atoms with Crippen molar-refractivity contribution < 1.29 is 4.79 Å². The zero-order valence-corrected chi connectivity index (χ0v) is 16.4. The summed E-state index contributed by atoms with van der Waals surface area (Å²) < 4.78 is 0. The number of nitrogens with one attached hydrogen (secondary N) is 1. The highest BCUT2D eigenvalue weighted by Crippen LogP contribution is 2.31. The molecule has 28 heavy (non-hydrogen) atoms. The van der Waals surface area contributed by atoms with Crippen molar-refractivity contribution in [3.8, 4) is 0 Å². The number of hydrogen-bond donors (Lipinski definition) is 1. The van der Waals surface area contributed by atoms with Gasteiger partial charge in [0.25, 0.3) is 5.91 Å². The second-order valence-corrected chi connectivity index (χ2v) is 7.66. The number of carbonyl (C=O) groups excluding carboxylic acids is 1. The monoisotopic (exact) mass is 405 g/mol. The molecule has 2 heterocycles. The number of para-hydroxylation sites is 1. The largest absolute Gasteiger partial charge is 0.348 e. The van der Waals surface area contributed by atoms with Gasteiger partial charge in [0.1, 0.15) is 5.03 Å². The van der Waals surface area contributed by atoms with Crippen LogP contribution in [-0.4, -0.2) is 15.9 Å². The maximum Gasteiger partial charge on any atom is 0.252 e. The number of hydrogen-bond acceptors (Lipinski definition) is 4. The average molecular weight is 406 g/mol. The molecule has 4 rings (SSSR count). The Morgan fingerprint density at radius 2 is 1.93 bits per heavy atom. The second-order valence-electron chi connectivity index (χ2n) is 6.13. The summed E-state index contributed by atoms with van der Waals surface area (Å²) in [5.41, 5.74) is 2.32. The van der Waals surface area contributed by atoms with Crippen LogP contribution in [0.4, 0.5) is 0 Å². The van der Waals surface area contributed by atoms with Crippen molar-refractivity contribution in [2.24, 2.45) is 0 Å². The minimum atomic E-state index is -0.143. The van der Waals surface area contributed by atoms with Gasteiger partial charge in [-0.1, -0.05) is 53.7 Å². The lowest BCUT2D eigenvalue weighted by atomic mass is 10.1. The lowest BCUT2D eigenvalue weighted by molar-refractivity contribution is 0.0952. The van der Waals surface area contributed by atoms with E-state index in [0.29, 0.717) is 17.1 Å². The van der Waals surface area contributed by atoms with Gasteiger partial charge in [0.15, 0.2) is 0 Å². The molecule has 4 aromatic rings. The quantitative estimate of drug-likeness (QED) is 0.485. The summed E-state index contributed by atoms with van der Waals surface area (Å²) >= 11 is 7.56. The molecular weight excluding hydrogens is 390 g/mol. The molecule has 0 fully saturated rings. The number of halogens is 1. The van der Waals surface area contributed by atoms with Gasteiger partial charge in [-0.25, -0.2) is 4.98 Å². The van der Waals surface area contributed by atoms with Crippen LogP contribution in [0.15, 0.2) is 89.0 Å². The van der Waals surface area contributed by atoms with E-state index < -0.39 is 0 Å². The van der Waals surface area contributed by atoms with E-state index >= 15 is 0 Å². The molecule has 0 aliphatic rings. The molecule has 0 unspecified atom stereocenters. The van der Waals surface area contributed by atoms with E-state index in [0.717, 1.165) is 26.4 Å². The SMILES string of the molecule is O=C(NCc1cccnc1)c1cc(Sc2cccc(Cl)c2)nc2ccccc12. The van der Waals surface area contributed by atoms with E-state index in [-0.39, 0.29) is 5.91 Å². The Hall–Kier alpha value is -2.89. The summed E-state index contributed by atoms with van der Waals surface area (Å²) in [5.74, 6) is -0.143. The molecule has 1 amide bonds. The molecule has 0 spiro atoms. The highest BCUT2D eigenvalue weighted by atomic mass is 35.5. The molecule has 0 saturated heterocycles. The Labute approximate surface area is 172 Å². The van der Waals surface area contributed by atoms with E-state index in [2.05, 4.69) is 10.3 Å². The Morgan fingerprint density at radius 1 is 1.04 bits per heavy atom. The number of amides is 1. The highest BCUT2D eigenvalue weighted by molar-refractivity contribution is 7.99. The molecular formula is C22H16ClN3OS. The van der Waals surface area contributed by atoms with Crippen LogP contribution in [-0.2, 0) is 6.54 Å². The maximum absolute atomic E-state index is 12.9. The summed E-state index contributed by atoms with van der Waals surface area (Å²) in [6.45, 7) is 0.417. The van der Waals surface area contributed by atoms with E-state index in [4.69, 9.17) is 16.6 Å². The Kier molecular flexibility index (Phi) is 5.55. The Balaban J connectivity index is 1.65. The smallest absolute Gasteiger partial charge is 0.252 e. The first kappa shape index (κ1) is 18.5. The number of pyridine rings is 2. The zero-order valence-electron chi connectivity index (χ0n) is 14.8. The van der Waals surface area contributed by atoms with Crippen LogP contribution in [0.1, 0.15) is 15.9 Å². The molecule has 2 aromatic heterocycles. The summed E-state index contributed by atoms with van der Waals surface area (Å²) in [7, 11) is 0. The van der Waals surface area contributed by atoms with Crippen LogP contribution in [0, 0.1) is 0 Å². The normalized spacial score (nSPS) is 10.8. The van der Waals surface area contributed by atoms with Crippen LogP contribution >= 0.6 is 23.4 Å². The minimum absolute atomic E-state index is 0.143. The lowest BCUT2D eigenvalue weighted by Gasteiger charge is -2.10. The van der Waals surface area contributed by atoms with Gasteiger partial charge < -0.3 is 5.32 Å². The standard InChI is InChI=1S/C22H16ClN3OS/c23-16-6-3-7-17(11-16)28-21-12-19(18-8-1-2-9-20(18)26-21)22(27)25-14-15-5-4-10-24-13-15/h1-13H,14H2,(H,25,27). The van der Waals surface area contributed by atoms with E-state index in [1.807, 2.05) is 66.7 Å². The maximum atomic E-state index is 12.9. The Bertz CT molecular complexity index is 1130. The summed E-state index contributed by atoms with van der Waals surface area (Å²) in [6.07, 6.45) is 3.45. The minimum Gasteiger partial charge on any atom is -0.348 e. The third kappa shape index (κ3) is 4.32. The number of nitrogens with zero attached hydrogens (tertiary/aromatic N) is 2. The number of carbonyl (C=O) groups is 1. The highest BCUT2D eigenvalue weighted by Gasteiger charge is 2.14. The molecule has 0 atom stereocenters. The predicted molar refractivity (Wildman–Crippen MR) is 113 cm³/mol. The first-order chi connectivity index (χ1) is 13.7. The molecule has 6 heteroatoms. The van der Waals surface area contributed by atoms with Gasteiger partial charge in [-0.3, -0.25) is 9.78 Å². The molecule has 0 aliphatic carbocycles. The van der Waals surface area contributed by atoms with Gasteiger partial charge >= 0.3 is 0 Å². The van der Waals surface area contributed by atoms with E-state index in [1.54, 1.807) is 12.4 Å². The summed E-state index contributed by atoms with van der Waals surface area (Å²) in [5, 5.41) is 5.20. The fourth-order valence-corrected chi connectivity index (χ4v) is 3.97. The molecule has 1 N–H and O–H groups in total. The van der Waals surface area contributed by atoms with Crippen molar-refractivity contribution in [2.75, 3.05) is 0 Å². The fourth-order valence-electron chi connectivity index (χ4n) is 2.82. The van der Waals surface area contributed by atoms with Crippen LogP contribution in [0.2, 0.25) is 5.02 Å². The number of fused-ring (bicyclic) bond motifs is 1. The zero-order chi connectivity index (χ0) is 19.3. The van der Waals surface area contributed by atoms with Crippen LogP contribution < -0.4 is 5.32 Å². The van der Waals surface area contributed by atoms with Crippen LogP contribution in [0.5, 0.6) is 0 Å². The van der Waals surface area contributed by atoms with Crippen LogP contribution in [0.25, 0.3) is 10.9 Å². The second kappa shape index (κ2) is 8.42. The van der Waals surface area contributed by atoms with Gasteiger partial charge in [-0.05, 0) is 42.0 Å². The molecule has 4 nitrogen and oxygen atoms in total. The van der Waals surface area contributed by atoms with Crippen molar-refractivity contribution in [3.63, 3.8) is 0 Å². The van der Waals surface area contributed by atoms with Crippen molar-refractivity contribution >= 4 is 40.2 Å². The van der Waals surface area contributed by atoms with E-state index in [1.165, 1.54) is 11.8 Å². The average Bonchev–Trinajstić information content (AvgIpc) is 2.72. The molecule has 0 aliphatic heterocycles. The number of aromatic nitrogens is 2. The van der Waals surface area contributed by atoms with Crippen molar-refractivity contribution in [1.29, 1.82) is 0 Å². The van der Waals surface area contributed by atoms with Crippen LogP contribution in [0.3, 0.4) is 0 Å². The third-order valence-corrected chi connectivity index (χ3v) is 5.27. The summed E-state index contributed by atoms with van der Waals surface area (Å²) in [4.78, 5) is 22.6. The molecule has 0 bridgehead atoms. The van der Waals surface area contributed by atoms with Crippen molar-refractivity contribution in [3.05, 3.63) is 95.3 Å². The lowest BCUT2D eigenvalue weighted by Crippen LogP contribution is -2.23. The molecule has 0 radical (unpaired) electrons. The predicted octanol–water partition coefficient (Wildman–Crippen LogP) is 5.36. The third-order valence-electron chi connectivity index (χ3n) is 4.13. The van der Waals surface area contributed by atoms with Gasteiger partial charge in [0.05, 0.1) is 11.1 Å². The van der Waals surface area contributed by atoms with Gasteiger partial charge in [0, 0.05) is 34.2 Å². The molecule has 0 saturated carbocycles. The molecule has 138 valence electrons. The first-order valence-corrected chi connectivity index (χ1v) is 9.89. The van der Waals surface area contributed by atoms with E-state index in [9.17, 15) is 4.79 Å². The number of benzene rings is 2. The number of rotatable bonds is 5. The Morgan fingerprint density at radius 3 is 2.75 bits per heavy atom. The first-order valence-electron chi connectivity index (χ1n) is 8.69. The summed E-state index contributed by atoms with van der Waals surface area (Å²) in [6, 6.07) is 20.8. The molecule has 2 aromatic carbocycles. The van der Waals surface area contributed by atoms with Crippen molar-refractivity contribution in [2.45, 2.75) is 16.5 Å². The van der Waals surface area contributed by atoms with Gasteiger partial charge in [-0.2, -0.15) is 0 Å². The topological polar surface area (TPSA) is 54.9 Å². The fraction of sp³-hybridized carbons (Fsp3) is 0.0455.